The van der Waals surface area contributed by atoms with Crippen molar-refractivity contribution in [3.8, 4) is 0 Å². The summed E-state index contributed by atoms with van der Waals surface area (Å²) < 4.78 is 0. The molecule has 1 aromatic rings. The summed E-state index contributed by atoms with van der Waals surface area (Å²) in [5.41, 5.74) is 4.12. The van der Waals surface area contributed by atoms with Gasteiger partial charge in [0.15, 0.2) is 0 Å². The van der Waals surface area contributed by atoms with Crippen LogP contribution in [0.5, 0.6) is 0 Å². The summed E-state index contributed by atoms with van der Waals surface area (Å²) in [7, 11) is 0. The topological polar surface area (TPSA) is 3.24 Å². The Morgan fingerprint density at radius 3 is 2.47 bits per heavy atom. The van der Waals surface area contributed by atoms with E-state index in [9.17, 15) is 0 Å². The van der Waals surface area contributed by atoms with Crippen molar-refractivity contribution in [1.29, 1.82) is 0 Å². The van der Waals surface area contributed by atoms with Crippen LogP contribution in [-0.4, -0.2) is 13.1 Å². The molecule has 0 saturated carbocycles. The van der Waals surface area contributed by atoms with Crippen molar-refractivity contribution >= 4 is 11.8 Å². The molecule has 1 saturated heterocycles. The maximum atomic E-state index is 2.49. The molecule has 2 rings (SSSR count). The minimum absolute atomic E-state index is 1.22. The summed E-state index contributed by atoms with van der Waals surface area (Å²) in [6, 6.07) is 8.70. The Kier molecular flexibility index (Phi) is 3.10. The molecule has 1 heteroatoms. The van der Waals surface area contributed by atoms with Gasteiger partial charge in [0.1, 0.15) is 0 Å². The number of hydrogen-bond acceptors (Lipinski definition) is 1. The van der Waals surface area contributed by atoms with E-state index in [0.29, 0.717) is 0 Å². The average Bonchev–Trinajstić information content (AvgIpc) is 2.70. The molecule has 1 nitrogen and oxygen atoms in total. The van der Waals surface area contributed by atoms with Crippen LogP contribution in [0.1, 0.15) is 32.3 Å². The highest BCUT2D eigenvalue weighted by Gasteiger charge is 2.13. The molecular formula is C14H19N. The Bertz CT molecular complexity index is 355. The lowest BCUT2D eigenvalue weighted by Gasteiger charge is -2.20. The minimum atomic E-state index is 1.22. The second kappa shape index (κ2) is 4.52. The zero-order valence-electron chi connectivity index (χ0n) is 9.66. The van der Waals surface area contributed by atoms with Gasteiger partial charge in [-0.25, -0.2) is 0 Å². The summed E-state index contributed by atoms with van der Waals surface area (Å²) in [6.45, 7) is 6.74. The van der Waals surface area contributed by atoms with Gasteiger partial charge in [-0.1, -0.05) is 29.8 Å². The van der Waals surface area contributed by atoms with Crippen molar-refractivity contribution in [2.45, 2.75) is 26.7 Å². The molecular weight excluding hydrogens is 182 g/mol. The maximum absolute atomic E-state index is 2.49. The minimum Gasteiger partial charge on any atom is -0.371 e. The lowest BCUT2D eigenvalue weighted by molar-refractivity contribution is 0.949. The highest BCUT2D eigenvalue weighted by Crippen LogP contribution is 2.26. The van der Waals surface area contributed by atoms with E-state index in [4.69, 9.17) is 0 Å². The Morgan fingerprint density at radius 1 is 1.13 bits per heavy atom. The average molecular weight is 201 g/mol. The predicted octanol–water partition coefficient (Wildman–Crippen LogP) is 3.71. The molecule has 0 aliphatic carbocycles. The van der Waals surface area contributed by atoms with Gasteiger partial charge < -0.3 is 4.90 Å². The Hall–Kier alpha value is -1.24. The zero-order valence-corrected chi connectivity index (χ0v) is 9.66. The zero-order chi connectivity index (χ0) is 10.7. The molecule has 0 aromatic heterocycles. The molecule has 1 aromatic carbocycles. The molecule has 15 heavy (non-hydrogen) atoms. The van der Waals surface area contributed by atoms with Crippen LogP contribution < -0.4 is 4.90 Å². The molecule has 0 atom stereocenters. The number of nitrogens with zero attached hydrogens (tertiary/aromatic N) is 1. The van der Waals surface area contributed by atoms with Crippen molar-refractivity contribution in [3.63, 3.8) is 0 Å². The van der Waals surface area contributed by atoms with Crippen LogP contribution in [0.3, 0.4) is 0 Å². The normalized spacial score (nSPS) is 15.5. The predicted molar refractivity (Wildman–Crippen MR) is 67.2 cm³/mol. The number of allylic oxidation sites excluding steroid dienone is 1. The third kappa shape index (κ3) is 2.41. The lowest BCUT2D eigenvalue weighted by Crippen LogP contribution is -2.18. The summed E-state index contributed by atoms with van der Waals surface area (Å²) in [5.74, 6) is 0. The SMILES string of the molecule is CC(C)=Cc1ccccc1N1CCCC1. The van der Waals surface area contributed by atoms with E-state index in [-0.39, 0.29) is 0 Å². The van der Waals surface area contributed by atoms with Crippen molar-refractivity contribution < 1.29 is 0 Å². The van der Waals surface area contributed by atoms with Gasteiger partial charge >= 0.3 is 0 Å². The summed E-state index contributed by atoms with van der Waals surface area (Å²) in [6.07, 6.45) is 4.94. The van der Waals surface area contributed by atoms with E-state index in [0.717, 1.165) is 0 Å². The van der Waals surface area contributed by atoms with Crippen LogP contribution in [0.25, 0.3) is 6.08 Å². The second-order valence-corrected chi connectivity index (χ2v) is 4.47. The smallest absolute Gasteiger partial charge is 0.0439 e. The van der Waals surface area contributed by atoms with Gasteiger partial charge in [0.2, 0.25) is 0 Å². The first-order valence-corrected chi connectivity index (χ1v) is 5.76. The van der Waals surface area contributed by atoms with Crippen LogP contribution in [-0.2, 0) is 0 Å². The lowest BCUT2D eigenvalue weighted by atomic mass is 10.1. The van der Waals surface area contributed by atoms with Crippen LogP contribution in [0.15, 0.2) is 29.8 Å². The molecule has 0 radical (unpaired) electrons. The number of benzene rings is 1. The van der Waals surface area contributed by atoms with Gasteiger partial charge in [0, 0.05) is 18.8 Å². The van der Waals surface area contributed by atoms with Gasteiger partial charge in [0.05, 0.1) is 0 Å². The van der Waals surface area contributed by atoms with E-state index >= 15 is 0 Å². The molecule has 0 N–H and O–H groups in total. The van der Waals surface area contributed by atoms with Gasteiger partial charge in [-0.3, -0.25) is 0 Å². The van der Waals surface area contributed by atoms with Crippen molar-refractivity contribution in [2.75, 3.05) is 18.0 Å². The second-order valence-electron chi connectivity index (χ2n) is 4.47. The first-order chi connectivity index (χ1) is 7.27. The molecule has 0 amide bonds. The Morgan fingerprint density at radius 2 is 1.80 bits per heavy atom. The molecule has 0 unspecified atom stereocenters. The monoisotopic (exact) mass is 201 g/mol. The Balaban J connectivity index is 2.32. The fourth-order valence-corrected chi connectivity index (χ4v) is 2.17. The molecule has 1 aliphatic heterocycles. The number of anilines is 1. The fraction of sp³-hybridized carbons (Fsp3) is 0.429. The standard InChI is InChI=1S/C14H19N/c1-12(2)11-13-7-3-4-8-14(13)15-9-5-6-10-15/h3-4,7-8,11H,5-6,9-10H2,1-2H3. The largest absolute Gasteiger partial charge is 0.371 e. The highest BCUT2D eigenvalue weighted by molar-refractivity contribution is 5.69. The van der Waals surface area contributed by atoms with E-state index in [2.05, 4.69) is 49.1 Å². The van der Waals surface area contributed by atoms with Gasteiger partial charge in [-0.2, -0.15) is 0 Å². The third-order valence-corrected chi connectivity index (χ3v) is 2.83. The summed E-state index contributed by atoms with van der Waals surface area (Å²) >= 11 is 0. The maximum Gasteiger partial charge on any atom is 0.0439 e. The van der Waals surface area contributed by atoms with Gasteiger partial charge in [-0.05, 0) is 38.3 Å². The third-order valence-electron chi connectivity index (χ3n) is 2.83. The van der Waals surface area contributed by atoms with E-state index in [1.807, 2.05) is 0 Å². The molecule has 80 valence electrons. The highest BCUT2D eigenvalue weighted by atomic mass is 15.1. The van der Waals surface area contributed by atoms with Gasteiger partial charge in [-0.15, -0.1) is 0 Å². The number of hydrogen-bond donors (Lipinski definition) is 0. The summed E-state index contributed by atoms with van der Waals surface area (Å²) in [5, 5.41) is 0. The molecule has 1 fully saturated rings. The van der Waals surface area contributed by atoms with Crippen molar-refractivity contribution in [2.24, 2.45) is 0 Å². The van der Waals surface area contributed by atoms with Crippen LogP contribution in [0.2, 0.25) is 0 Å². The number of para-hydroxylation sites is 1. The number of rotatable bonds is 2. The van der Waals surface area contributed by atoms with E-state index in [1.54, 1.807) is 0 Å². The van der Waals surface area contributed by atoms with Crippen LogP contribution >= 0.6 is 0 Å². The van der Waals surface area contributed by atoms with Crippen molar-refractivity contribution in [3.05, 3.63) is 35.4 Å². The van der Waals surface area contributed by atoms with E-state index < -0.39 is 0 Å². The van der Waals surface area contributed by atoms with Crippen LogP contribution in [0, 0.1) is 0 Å². The molecule has 1 heterocycles. The van der Waals surface area contributed by atoms with Gasteiger partial charge in [0.25, 0.3) is 0 Å². The van der Waals surface area contributed by atoms with Crippen molar-refractivity contribution in [1.82, 2.24) is 0 Å². The first kappa shape index (κ1) is 10.3. The van der Waals surface area contributed by atoms with Crippen LogP contribution in [0.4, 0.5) is 5.69 Å². The quantitative estimate of drug-likeness (QED) is 0.705. The van der Waals surface area contributed by atoms with E-state index in [1.165, 1.54) is 42.8 Å². The molecule has 0 spiro atoms. The first-order valence-electron chi connectivity index (χ1n) is 5.76. The summed E-state index contributed by atoms with van der Waals surface area (Å²) in [4.78, 5) is 2.49. The molecule has 0 bridgehead atoms. The fourth-order valence-electron chi connectivity index (χ4n) is 2.17. The Labute approximate surface area is 92.4 Å². The molecule has 1 aliphatic rings.